The van der Waals surface area contributed by atoms with Crippen LogP contribution in [-0.4, -0.2) is 22.7 Å². The highest BCUT2D eigenvalue weighted by Crippen LogP contribution is 2.23. The summed E-state index contributed by atoms with van der Waals surface area (Å²) in [4.78, 5) is 22.9. The van der Waals surface area contributed by atoms with E-state index in [0.29, 0.717) is 12.1 Å². The molecule has 0 bridgehead atoms. The van der Waals surface area contributed by atoms with E-state index in [-0.39, 0.29) is 18.2 Å². The highest BCUT2D eigenvalue weighted by atomic mass is 16.4. The Balaban J connectivity index is 2.03. The maximum absolute atomic E-state index is 12.1. The van der Waals surface area contributed by atoms with Crippen LogP contribution >= 0.6 is 0 Å². The molecule has 1 saturated carbocycles. The molecule has 0 spiro atoms. The molecule has 5 heteroatoms. The van der Waals surface area contributed by atoms with Crippen LogP contribution in [0.1, 0.15) is 50.5 Å². The van der Waals surface area contributed by atoms with E-state index < -0.39 is 5.97 Å². The van der Waals surface area contributed by atoms with E-state index >= 15 is 0 Å². The van der Waals surface area contributed by atoms with Gasteiger partial charge in [-0.05, 0) is 18.4 Å². The number of carboxylic acids is 1. The fraction of sp³-hybridized carbons (Fsp3) is 0.471. The lowest BCUT2D eigenvalue weighted by Gasteiger charge is -2.19. The van der Waals surface area contributed by atoms with Crippen LogP contribution in [0.4, 0.5) is 0 Å². The number of nitrogens with one attached hydrogen (secondary N) is 1. The zero-order chi connectivity index (χ0) is 15.8. The van der Waals surface area contributed by atoms with Gasteiger partial charge in [0.25, 0.3) is 0 Å². The molecule has 0 atom stereocenters. The zero-order valence-corrected chi connectivity index (χ0v) is 12.6. The van der Waals surface area contributed by atoms with Gasteiger partial charge in [-0.25, -0.2) is 5.43 Å². The van der Waals surface area contributed by atoms with E-state index in [1.165, 1.54) is 6.42 Å². The Morgan fingerprint density at radius 1 is 1.09 bits per heavy atom. The number of hydrazone groups is 1. The molecule has 0 heterocycles. The molecule has 5 nitrogen and oxygen atoms in total. The Hall–Kier alpha value is -2.17. The lowest BCUT2D eigenvalue weighted by atomic mass is 9.89. The molecule has 0 unspecified atom stereocenters. The smallest absolute Gasteiger partial charge is 0.303 e. The molecule has 0 aliphatic heterocycles. The van der Waals surface area contributed by atoms with E-state index in [4.69, 9.17) is 5.11 Å². The van der Waals surface area contributed by atoms with Crippen molar-refractivity contribution >= 4 is 17.6 Å². The van der Waals surface area contributed by atoms with Crippen molar-refractivity contribution in [2.45, 2.75) is 44.9 Å². The van der Waals surface area contributed by atoms with Gasteiger partial charge in [-0.2, -0.15) is 5.10 Å². The summed E-state index contributed by atoms with van der Waals surface area (Å²) in [6.07, 6.45) is 5.49. The Labute approximate surface area is 130 Å². The van der Waals surface area contributed by atoms with Crippen molar-refractivity contribution in [3.63, 3.8) is 0 Å². The van der Waals surface area contributed by atoms with E-state index in [9.17, 15) is 9.59 Å². The molecule has 0 saturated heterocycles. The predicted molar refractivity (Wildman–Crippen MR) is 84.6 cm³/mol. The van der Waals surface area contributed by atoms with E-state index in [2.05, 4.69) is 10.5 Å². The number of amides is 1. The van der Waals surface area contributed by atoms with Gasteiger partial charge in [0.15, 0.2) is 0 Å². The quantitative estimate of drug-likeness (QED) is 0.626. The second kappa shape index (κ2) is 8.32. The number of nitrogens with zero attached hydrogens (tertiary/aromatic N) is 1. The summed E-state index contributed by atoms with van der Waals surface area (Å²) in [5.41, 5.74) is 4.08. The molecule has 1 aromatic rings. The van der Waals surface area contributed by atoms with Crippen LogP contribution < -0.4 is 5.43 Å². The van der Waals surface area contributed by atoms with Crippen LogP contribution in [0.3, 0.4) is 0 Å². The monoisotopic (exact) mass is 302 g/mol. The first kappa shape index (κ1) is 16.2. The van der Waals surface area contributed by atoms with Gasteiger partial charge in [-0.1, -0.05) is 49.6 Å². The first-order valence-electron chi connectivity index (χ1n) is 7.80. The molecule has 0 aromatic heterocycles. The first-order chi connectivity index (χ1) is 10.7. The molecule has 22 heavy (non-hydrogen) atoms. The van der Waals surface area contributed by atoms with Crippen LogP contribution in [0, 0.1) is 5.92 Å². The van der Waals surface area contributed by atoms with Gasteiger partial charge in [0, 0.05) is 12.3 Å². The minimum Gasteiger partial charge on any atom is -0.481 e. The number of hydrogen-bond donors (Lipinski definition) is 2. The first-order valence-corrected chi connectivity index (χ1v) is 7.80. The largest absolute Gasteiger partial charge is 0.481 e. The van der Waals surface area contributed by atoms with Crippen molar-refractivity contribution in [2.75, 3.05) is 0 Å². The van der Waals surface area contributed by atoms with E-state index in [1.807, 2.05) is 30.3 Å². The molecule has 118 valence electrons. The Morgan fingerprint density at radius 2 is 1.77 bits per heavy atom. The topological polar surface area (TPSA) is 78.8 Å². The summed E-state index contributed by atoms with van der Waals surface area (Å²) in [7, 11) is 0. The normalized spacial score (nSPS) is 16.3. The minimum absolute atomic E-state index is 0.00692. The van der Waals surface area contributed by atoms with Gasteiger partial charge in [0.05, 0.1) is 12.1 Å². The number of aliphatic carboxylic acids is 1. The summed E-state index contributed by atoms with van der Waals surface area (Å²) in [5.74, 6) is -0.889. The summed E-state index contributed by atoms with van der Waals surface area (Å²) < 4.78 is 0. The average molecular weight is 302 g/mol. The average Bonchev–Trinajstić information content (AvgIpc) is 2.56. The summed E-state index contributed by atoms with van der Waals surface area (Å²) in [6.45, 7) is 0. The van der Waals surface area contributed by atoms with Crippen LogP contribution in [-0.2, 0) is 9.59 Å². The fourth-order valence-corrected chi connectivity index (χ4v) is 2.70. The molecular formula is C17H22N2O3. The van der Waals surface area contributed by atoms with Crippen molar-refractivity contribution in [2.24, 2.45) is 11.0 Å². The molecule has 2 N–H and O–H groups in total. The number of carboxylic acid groups (broad SMARTS) is 1. The van der Waals surface area contributed by atoms with Gasteiger partial charge in [0.2, 0.25) is 5.91 Å². The highest BCUT2D eigenvalue weighted by molar-refractivity contribution is 6.02. The number of hydrogen-bond acceptors (Lipinski definition) is 3. The SMILES string of the molecule is O=C(O)CC/C(=N/NC(=O)C1CCCCC1)c1ccccc1. The van der Waals surface area contributed by atoms with Gasteiger partial charge >= 0.3 is 5.97 Å². The van der Waals surface area contributed by atoms with E-state index in [0.717, 1.165) is 31.2 Å². The lowest BCUT2D eigenvalue weighted by molar-refractivity contribution is -0.136. The second-order valence-corrected chi connectivity index (χ2v) is 5.63. The zero-order valence-electron chi connectivity index (χ0n) is 12.6. The van der Waals surface area contributed by atoms with Crippen molar-refractivity contribution in [3.8, 4) is 0 Å². The van der Waals surface area contributed by atoms with E-state index in [1.54, 1.807) is 0 Å². The number of carbonyl (C=O) groups excluding carboxylic acids is 1. The van der Waals surface area contributed by atoms with Gasteiger partial charge in [0.1, 0.15) is 0 Å². The molecule has 2 rings (SSSR count). The lowest BCUT2D eigenvalue weighted by Crippen LogP contribution is -2.29. The molecule has 1 aliphatic rings. The van der Waals surface area contributed by atoms with Crippen molar-refractivity contribution in [1.29, 1.82) is 0 Å². The third-order valence-corrected chi connectivity index (χ3v) is 3.96. The molecule has 1 amide bonds. The molecule has 0 radical (unpaired) electrons. The standard InChI is InChI=1S/C17H22N2O3/c20-16(21)12-11-15(13-7-3-1-4-8-13)18-19-17(22)14-9-5-2-6-10-14/h1,3-4,7-8,14H,2,5-6,9-12H2,(H,19,22)(H,20,21)/b18-15-. The van der Waals surface area contributed by atoms with Crippen molar-refractivity contribution in [3.05, 3.63) is 35.9 Å². The van der Waals surface area contributed by atoms with Crippen LogP contribution in [0.25, 0.3) is 0 Å². The molecule has 1 fully saturated rings. The Bertz CT molecular complexity index is 534. The summed E-state index contributed by atoms with van der Waals surface area (Å²) >= 11 is 0. The third kappa shape index (κ3) is 4.98. The highest BCUT2D eigenvalue weighted by Gasteiger charge is 2.20. The Morgan fingerprint density at radius 3 is 2.41 bits per heavy atom. The van der Waals surface area contributed by atoms with Gasteiger partial charge < -0.3 is 5.11 Å². The van der Waals surface area contributed by atoms with Crippen LogP contribution in [0.2, 0.25) is 0 Å². The second-order valence-electron chi connectivity index (χ2n) is 5.63. The Kier molecular flexibility index (Phi) is 6.13. The van der Waals surface area contributed by atoms with Crippen molar-refractivity contribution < 1.29 is 14.7 Å². The van der Waals surface area contributed by atoms with Gasteiger partial charge in [-0.3, -0.25) is 9.59 Å². The molecule has 1 aromatic carbocycles. The summed E-state index contributed by atoms with van der Waals surface area (Å²) in [5, 5.41) is 13.0. The van der Waals surface area contributed by atoms with Crippen LogP contribution in [0.5, 0.6) is 0 Å². The maximum atomic E-state index is 12.1. The maximum Gasteiger partial charge on any atom is 0.303 e. The number of benzene rings is 1. The van der Waals surface area contributed by atoms with Crippen LogP contribution in [0.15, 0.2) is 35.4 Å². The van der Waals surface area contributed by atoms with Gasteiger partial charge in [-0.15, -0.1) is 0 Å². The summed E-state index contributed by atoms with van der Waals surface area (Å²) in [6, 6.07) is 9.36. The molecule has 1 aliphatic carbocycles. The molecular weight excluding hydrogens is 280 g/mol. The minimum atomic E-state index is -0.873. The third-order valence-electron chi connectivity index (χ3n) is 3.96. The predicted octanol–water partition coefficient (Wildman–Crippen LogP) is 2.95. The number of carbonyl (C=O) groups is 2. The number of rotatable bonds is 6. The fourth-order valence-electron chi connectivity index (χ4n) is 2.70. The van der Waals surface area contributed by atoms with Crippen molar-refractivity contribution in [1.82, 2.24) is 5.43 Å².